The predicted molar refractivity (Wildman–Crippen MR) is 131 cm³/mol. The first-order chi connectivity index (χ1) is 17.7. The number of hydrogen-bond donors (Lipinski definition) is 2. The van der Waals surface area contributed by atoms with Crippen LogP contribution in [0.25, 0.3) is 0 Å². The lowest BCUT2D eigenvalue weighted by molar-refractivity contribution is -0.148. The topological polar surface area (TPSA) is 133 Å². The molecule has 0 aromatic heterocycles. The summed E-state index contributed by atoms with van der Waals surface area (Å²) >= 11 is 0. The van der Waals surface area contributed by atoms with E-state index in [0.717, 1.165) is 12.8 Å². The lowest BCUT2D eigenvalue weighted by Crippen LogP contribution is -2.19. The molecule has 12 heteroatoms. The molecule has 0 saturated heterocycles. The van der Waals surface area contributed by atoms with Crippen LogP contribution in [-0.2, 0) is 47.4 Å². The van der Waals surface area contributed by atoms with E-state index in [1.807, 2.05) is 13.8 Å². The third-order valence-electron chi connectivity index (χ3n) is 4.36. The molecule has 2 unspecified atom stereocenters. The van der Waals surface area contributed by atoms with Crippen LogP contribution in [0.1, 0.15) is 26.7 Å². The lowest BCUT2D eigenvalue weighted by atomic mass is 10.3. The molecular weight excluding hydrogens is 480 g/mol. The average Bonchev–Trinajstić information content (AvgIpc) is 2.87. The van der Waals surface area contributed by atoms with Gasteiger partial charge in [0.1, 0.15) is 0 Å². The Morgan fingerprint density at radius 2 is 0.611 bits per heavy atom. The molecule has 0 radical (unpaired) electrons. The van der Waals surface area contributed by atoms with Gasteiger partial charge in [0.05, 0.1) is 106 Å². The number of unbranched alkanes of at least 4 members (excludes halogenated alkanes) is 1. The summed E-state index contributed by atoms with van der Waals surface area (Å²) in [5.74, 6) is 0. The van der Waals surface area contributed by atoms with E-state index < -0.39 is 0 Å². The zero-order chi connectivity index (χ0) is 26.4. The quantitative estimate of drug-likeness (QED) is 0.0961. The van der Waals surface area contributed by atoms with Gasteiger partial charge in [-0.05, 0) is 26.7 Å². The van der Waals surface area contributed by atoms with Gasteiger partial charge in [-0.3, -0.25) is 0 Å². The maximum absolute atomic E-state index is 8.57. The molecule has 0 aliphatic rings. The Labute approximate surface area is 216 Å². The van der Waals surface area contributed by atoms with E-state index in [4.69, 9.17) is 57.6 Å². The molecule has 0 aromatic carbocycles. The number of aliphatic hydroxyl groups excluding tert-OH is 2. The van der Waals surface area contributed by atoms with Crippen LogP contribution >= 0.6 is 0 Å². The van der Waals surface area contributed by atoms with E-state index in [2.05, 4.69) is 0 Å². The van der Waals surface area contributed by atoms with Crippen LogP contribution in [-0.4, -0.2) is 142 Å². The summed E-state index contributed by atoms with van der Waals surface area (Å²) in [7, 11) is 0. The van der Waals surface area contributed by atoms with E-state index >= 15 is 0 Å². The predicted octanol–water partition coefficient (Wildman–Crippen LogP) is 0.609. The smallest absolute Gasteiger partial charge is 0.154 e. The summed E-state index contributed by atoms with van der Waals surface area (Å²) in [5.41, 5.74) is 0. The van der Waals surface area contributed by atoms with Crippen molar-refractivity contribution in [2.75, 3.05) is 119 Å². The molecule has 0 bridgehead atoms. The van der Waals surface area contributed by atoms with Crippen molar-refractivity contribution < 1.29 is 57.6 Å². The van der Waals surface area contributed by atoms with Crippen molar-refractivity contribution in [1.82, 2.24) is 0 Å². The minimum Gasteiger partial charge on any atom is -0.394 e. The summed E-state index contributed by atoms with van der Waals surface area (Å²) in [5, 5.41) is 17.1. The van der Waals surface area contributed by atoms with Crippen molar-refractivity contribution in [3.05, 3.63) is 0 Å². The van der Waals surface area contributed by atoms with E-state index in [0.29, 0.717) is 106 Å². The zero-order valence-electron chi connectivity index (χ0n) is 22.3. The SMILES string of the molecule is CC(OCCCCOC(C)OCCOCCOCCOCCO)OCCOCCOCCOCCO. The number of hydrogen-bond acceptors (Lipinski definition) is 12. The first kappa shape index (κ1) is 35.5. The minimum atomic E-state index is -0.290. The van der Waals surface area contributed by atoms with Crippen LogP contribution < -0.4 is 0 Å². The Morgan fingerprint density at radius 3 is 0.917 bits per heavy atom. The van der Waals surface area contributed by atoms with Crippen LogP contribution in [0.4, 0.5) is 0 Å². The van der Waals surface area contributed by atoms with Gasteiger partial charge in [-0.1, -0.05) is 0 Å². The summed E-state index contributed by atoms with van der Waals surface area (Å²) in [4.78, 5) is 0. The molecule has 0 fully saturated rings. The third kappa shape index (κ3) is 29.7. The molecule has 2 atom stereocenters. The van der Waals surface area contributed by atoms with Crippen LogP contribution in [0.5, 0.6) is 0 Å². The Hall–Kier alpha value is -0.480. The van der Waals surface area contributed by atoms with Gasteiger partial charge in [-0.2, -0.15) is 0 Å². The normalized spacial score (nSPS) is 13.3. The van der Waals surface area contributed by atoms with Crippen LogP contribution in [0.3, 0.4) is 0 Å². The highest BCUT2D eigenvalue weighted by Crippen LogP contribution is 2.00. The van der Waals surface area contributed by atoms with Crippen molar-refractivity contribution in [2.45, 2.75) is 39.3 Å². The highest BCUT2D eigenvalue weighted by molar-refractivity contribution is 4.43. The monoisotopic (exact) mass is 530 g/mol. The van der Waals surface area contributed by atoms with E-state index in [1.54, 1.807) is 0 Å². The van der Waals surface area contributed by atoms with Crippen molar-refractivity contribution in [3.63, 3.8) is 0 Å². The number of ether oxygens (including phenoxy) is 10. The molecule has 0 amide bonds. The Balaban J connectivity index is 3.25. The second kappa shape index (κ2) is 30.7. The molecule has 0 heterocycles. The summed E-state index contributed by atoms with van der Waals surface area (Å²) in [6.07, 6.45) is 1.15. The fourth-order valence-corrected chi connectivity index (χ4v) is 2.56. The summed E-state index contributed by atoms with van der Waals surface area (Å²) < 4.78 is 54.0. The van der Waals surface area contributed by atoms with Gasteiger partial charge in [-0.15, -0.1) is 0 Å². The standard InChI is InChI=1S/C24H50O12/c1-23(35-21-19-31-17-15-29-13-11-27-9-5-25)33-7-3-4-8-34-24(2)36-22-20-32-18-16-30-14-12-28-10-6-26/h23-26H,3-22H2,1-2H3. The van der Waals surface area contributed by atoms with Crippen molar-refractivity contribution in [1.29, 1.82) is 0 Å². The second-order valence-corrected chi connectivity index (χ2v) is 7.45. The van der Waals surface area contributed by atoms with Crippen LogP contribution in [0.15, 0.2) is 0 Å². The fraction of sp³-hybridized carbons (Fsp3) is 1.00. The summed E-state index contributed by atoms with van der Waals surface area (Å²) in [6.45, 7) is 11.4. The Morgan fingerprint density at radius 1 is 0.361 bits per heavy atom. The molecular formula is C24H50O12. The minimum absolute atomic E-state index is 0.0235. The van der Waals surface area contributed by atoms with Crippen molar-refractivity contribution >= 4 is 0 Å². The summed E-state index contributed by atoms with van der Waals surface area (Å²) in [6, 6.07) is 0. The number of rotatable bonds is 31. The van der Waals surface area contributed by atoms with Crippen LogP contribution in [0, 0.1) is 0 Å². The van der Waals surface area contributed by atoms with Gasteiger partial charge in [-0.25, -0.2) is 0 Å². The van der Waals surface area contributed by atoms with Gasteiger partial charge < -0.3 is 57.6 Å². The molecule has 0 saturated carbocycles. The molecule has 2 N–H and O–H groups in total. The fourth-order valence-electron chi connectivity index (χ4n) is 2.56. The number of aliphatic hydroxyl groups is 2. The largest absolute Gasteiger partial charge is 0.394 e. The molecule has 36 heavy (non-hydrogen) atoms. The van der Waals surface area contributed by atoms with Crippen molar-refractivity contribution in [2.24, 2.45) is 0 Å². The van der Waals surface area contributed by atoms with E-state index in [9.17, 15) is 0 Å². The van der Waals surface area contributed by atoms with Gasteiger partial charge in [0.25, 0.3) is 0 Å². The highest BCUT2D eigenvalue weighted by atomic mass is 16.7. The molecule has 0 spiro atoms. The maximum atomic E-state index is 8.57. The first-order valence-electron chi connectivity index (χ1n) is 12.8. The average molecular weight is 531 g/mol. The maximum Gasteiger partial charge on any atom is 0.154 e. The van der Waals surface area contributed by atoms with E-state index in [1.165, 1.54) is 0 Å². The molecule has 0 rings (SSSR count). The molecule has 12 nitrogen and oxygen atoms in total. The Kier molecular flexibility index (Phi) is 30.3. The van der Waals surface area contributed by atoms with E-state index in [-0.39, 0.29) is 25.8 Å². The third-order valence-corrected chi connectivity index (χ3v) is 4.36. The highest BCUT2D eigenvalue weighted by Gasteiger charge is 2.04. The second-order valence-electron chi connectivity index (χ2n) is 7.45. The first-order valence-corrected chi connectivity index (χ1v) is 12.8. The molecule has 0 aromatic rings. The van der Waals surface area contributed by atoms with Gasteiger partial charge >= 0.3 is 0 Å². The lowest BCUT2D eigenvalue weighted by Gasteiger charge is -2.16. The molecule has 0 aliphatic carbocycles. The molecule has 218 valence electrons. The van der Waals surface area contributed by atoms with Crippen molar-refractivity contribution in [3.8, 4) is 0 Å². The Bertz CT molecular complexity index is 369. The zero-order valence-corrected chi connectivity index (χ0v) is 22.3. The van der Waals surface area contributed by atoms with Crippen LogP contribution in [0.2, 0.25) is 0 Å². The van der Waals surface area contributed by atoms with Gasteiger partial charge in [0, 0.05) is 13.2 Å². The molecule has 0 aliphatic heterocycles. The van der Waals surface area contributed by atoms with Gasteiger partial charge in [0.2, 0.25) is 0 Å². The van der Waals surface area contributed by atoms with Gasteiger partial charge in [0.15, 0.2) is 12.6 Å².